The van der Waals surface area contributed by atoms with E-state index in [1.165, 1.54) is 44.3 Å². The predicted molar refractivity (Wildman–Crippen MR) is 69.4 cm³/mol. The number of esters is 1. The molecule has 0 fully saturated rings. The van der Waals surface area contributed by atoms with Crippen LogP contribution in [-0.2, 0) is 4.74 Å². The van der Waals surface area contributed by atoms with Crippen molar-refractivity contribution in [2.45, 2.75) is 4.90 Å². The molecule has 0 aliphatic carbocycles. The molecule has 0 radical (unpaired) electrons. The van der Waals surface area contributed by atoms with Crippen molar-refractivity contribution in [3.05, 3.63) is 33.9 Å². The third-order valence-electron chi connectivity index (χ3n) is 2.14. The molecule has 0 heterocycles. The summed E-state index contributed by atoms with van der Waals surface area (Å²) >= 11 is 0.686. The summed E-state index contributed by atoms with van der Waals surface area (Å²) in [6, 6.07) is 3.74. The normalized spacial score (nSPS) is 9.84. The first kappa shape index (κ1) is 15.0. The second kappa shape index (κ2) is 6.19. The third-order valence-corrected chi connectivity index (χ3v) is 3.23. The molecule has 0 unspecified atom stereocenters. The van der Waals surface area contributed by atoms with Crippen LogP contribution in [0.25, 0.3) is 0 Å². The van der Waals surface area contributed by atoms with Crippen LogP contribution < -0.4 is 0 Å². The number of carbonyl (C=O) groups excluding carboxylic acids is 2. The van der Waals surface area contributed by atoms with Gasteiger partial charge in [0.05, 0.1) is 22.5 Å². The number of nitro groups is 1. The van der Waals surface area contributed by atoms with Gasteiger partial charge in [0.25, 0.3) is 10.9 Å². The molecule has 8 heteroatoms. The standard InChI is InChI=1S/C11H12N2O5S/c1-12(2)11(15)19-9-6-7(10(14)18-3)4-5-8(9)13(16)17/h4-6H,1-3H3. The van der Waals surface area contributed by atoms with E-state index in [-0.39, 0.29) is 21.4 Å². The highest BCUT2D eigenvalue weighted by Crippen LogP contribution is 2.31. The van der Waals surface area contributed by atoms with Gasteiger partial charge in [-0.15, -0.1) is 0 Å². The van der Waals surface area contributed by atoms with Crippen molar-refractivity contribution in [3.8, 4) is 0 Å². The summed E-state index contributed by atoms with van der Waals surface area (Å²) in [7, 11) is 4.28. The lowest BCUT2D eigenvalue weighted by atomic mass is 10.2. The Kier molecular flexibility index (Phi) is 4.87. The maximum absolute atomic E-state index is 11.6. The van der Waals surface area contributed by atoms with Crippen molar-refractivity contribution in [2.24, 2.45) is 0 Å². The zero-order valence-electron chi connectivity index (χ0n) is 10.6. The summed E-state index contributed by atoms with van der Waals surface area (Å²) in [5.74, 6) is -0.617. The second-order valence-electron chi connectivity index (χ2n) is 3.69. The Morgan fingerprint density at radius 1 is 1.37 bits per heavy atom. The van der Waals surface area contributed by atoms with Gasteiger partial charge >= 0.3 is 5.97 Å². The predicted octanol–water partition coefficient (Wildman–Crippen LogP) is 2.16. The van der Waals surface area contributed by atoms with E-state index in [1.54, 1.807) is 0 Å². The molecule has 0 spiro atoms. The SMILES string of the molecule is COC(=O)c1ccc([N+](=O)[O-])c(SC(=O)N(C)C)c1. The number of ether oxygens (including phenoxy) is 1. The van der Waals surface area contributed by atoms with E-state index in [9.17, 15) is 19.7 Å². The van der Waals surface area contributed by atoms with Crippen LogP contribution in [0.5, 0.6) is 0 Å². The number of hydrogen-bond acceptors (Lipinski definition) is 6. The number of carbonyl (C=O) groups is 2. The minimum absolute atomic E-state index is 0.103. The molecule has 0 N–H and O–H groups in total. The maximum Gasteiger partial charge on any atom is 0.337 e. The first-order valence-corrected chi connectivity index (χ1v) is 5.94. The minimum Gasteiger partial charge on any atom is -0.465 e. The molecule has 0 atom stereocenters. The molecule has 0 aromatic heterocycles. The summed E-state index contributed by atoms with van der Waals surface area (Å²) in [5, 5.41) is 10.5. The Morgan fingerprint density at radius 2 is 2.00 bits per heavy atom. The molecule has 0 aliphatic heterocycles. The van der Waals surface area contributed by atoms with E-state index >= 15 is 0 Å². The molecule has 1 rings (SSSR count). The molecular formula is C11H12N2O5S. The van der Waals surface area contributed by atoms with Crippen LogP contribution in [0.15, 0.2) is 23.1 Å². The number of benzene rings is 1. The van der Waals surface area contributed by atoms with Gasteiger partial charge in [0.15, 0.2) is 0 Å². The van der Waals surface area contributed by atoms with Gasteiger partial charge < -0.3 is 9.64 Å². The topological polar surface area (TPSA) is 89.7 Å². The summed E-state index contributed by atoms with van der Waals surface area (Å²) in [4.78, 5) is 34.6. The van der Waals surface area contributed by atoms with Crippen molar-refractivity contribution in [1.29, 1.82) is 0 Å². The van der Waals surface area contributed by atoms with E-state index in [0.717, 1.165) is 0 Å². The maximum atomic E-state index is 11.6. The molecule has 1 aromatic rings. The van der Waals surface area contributed by atoms with E-state index in [4.69, 9.17) is 0 Å². The average molecular weight is 284 g/mol. The molecular weight excluding hydrogens is 272 g/mol. The van der Waals surface area contributed by atoms with Crippen molar-refractivity contribution in [3.63, 3.8) is 0 Å². The van der Waals surface area contributed by atoms with E-state index in [1.807, 2.05) is 0 Å². The van der Waals surface area contributed by atoms with Gasteiger partial charge in [0, 0.05) is 20.2 Å². The Morgan fingerprint density at radius 3 is 2.47 bits per heavy atom. The summed E-state index contributed by atoms with van der Waals surface area (Å²) in [6.45, 7) is 0. The molecule has 0 bridgehead atoms. The van der Waals surface area contributed by atoms with Gasteiger partial charge in [-0.25, -0.2) is 4.79 Å². The van der Waals surface area contributed by atoms with Crippen LogP contribution in [0.1, 0.15) is 10.4 Å². The monoisotopic (exact) mass is 284 g/mol. The molecule has 19 heavy (non-hydrogen) atoms. The lowest BCUT2D eigenvalue weighted by molar-refractivity contribution is -0.387. The number of nitro benzene ring substituents is 1. The van der Waals surface area contributed by atoms with Crippen molar-refractivity contribution >= 4 is 28.7 Å². The first-order chi connectivity index (χ1) is 8.86. The number of nitrogens with zero attached hydrogens (tertiary/aromatic N) is 2. The molecule has 0 aliphatic rings. The van der Waals surface area contributed by atoms with Gasteiger partial charge in [-0.2, -0.15) is 0 Å². The van der Waals surface area contributed by atoms with Gasteiger partial charge in [0.2, 0.25) is 0 Å². The van der Waals surface area contributed by atoms with Crippen LogP contribution in [0, 0.1) is 10.1 Å². The number of methoxy groups -OCH3 is 1. The molecule has 102 valence electrons. The van der Waals surface area contributed by atoms with Crippen LogP contribution in [0.4, 0.5) is 10.5 Å². The minimum atomic E-state index is -0.617. The van der Waals surface area contributed by atoms with Crippen molar-refractivity contribution in [1.82, 2.24) is 4.90 Å². The fourth-order valence-corrected chi connectivity index (χ4v) is 1.98. The zero-order valence-corrected chi connectivity index (χ0v) is 11.4. The summed E-state index contributed by atoms with van der Waals surface area (Å²) < 4.78 is 4.53. The Balaban J connectivity index is 3.19. The number of hydrogen-bond donors (Lipinski definition) is 0. The second-order valence-corrected chi connectivity index (χ2v) is 4.69. The van der Waals surface area contributed by atoms with E-state index < -0.39 is 10.9 Å². The highest BCUT2D eigenvalue weighted by Gasteiger charge is 2.20. The third kappa shape index (κ3) is 3.68. The number of rotatable bonds is 3. The van der Waals surface area contributed by atoms with Gasteiger partial charge in [0.1, 0.15) is 0 Å². The van der Waals surface area contributed by atoms with Crippen LogP contribution >= 0.6 is 11.8 Å². The molecule has 0 saturated heterocycles. The highest BCUT2D eigenvalue weighted by molar-refractivity contribution is 8.13. The van der Waals surface area contributed by atoms with Gasteiger partial charge in [-0.3, -0.25) is 14.9 Å². The molecule has 1 aromatic carbocycles. The number of thioether (sulfide) groups is 1. The Hall–Kier alpha value is -2.09. The Labute approximate surface area is 113 Å². The quantitative estimate of drug-likeness (QED) is 0.365. The van der Waals surface area contributed by atoms with Gasteiger partial charge in [-0.05, 0) is 23.9 Å². The lowest BCUT2D eigenvalue weighted by Gasteiger charge is -2.09. The van der Waals surface area contributed by atoms with Crippen LogP contribution in [0.2, 0.25) is 0 Å². The molecule has 1 amide bonds. The fourth-order valence-electron chi connectivity index (χ4n) is 1.18. The van der Waals surface area contributed by atoms with Crippen molar-refractivity contribution < 1.29 is 19.2 Å². The first-order valence-electron chi connectivity index (χ1n) is 5.12. The van der Waals surface area contributed by atoms with Crippen LogP contribution in [0.3, 0.4) is 0 Å². The van der Waals surface area contributed by atoms with Gasteiger partial charge in [-0.1, -0.05) is 0 Å². The fraction of sp³-hybridized carbons (Fsp3) is 0.273. The summed E-state index contributed by atoms with van der Waals surface area (Å²) in [6.07, 6.45) is 0. The average Bonchev–Trinajstić information content (AvgIpc) is 2.37. The van der Waals surface area contributed by atoms with E-state index in [0.29, 0.717) is 11.8 Å². The largest absolute Gasteiger partial charge is 0.465 e. The smallest absolute Gasteiger partial charge is 0.337 e. The zero-order chi connectivity index (χ0) is 14.6. The Bertz CT molecular complexity index is 530. The summed E-state index contributed by atoms with van der Waals surface area (Å²) in [5.41, 5.74) is -0.0741. The lowest BCUT2D eigenvalue weighted by Crippen LogP contribution is -2.16. The van der Waals surface area contributed by atoms with Crippen LogP contribution in [-0.4, -0.2) is 42.2 Å². The van der Waals surface area contributed by atoms with E-state index in [2.05, 4.69) is 4.74 Å². The van der Waals surface area contributed by atoms with Crippen molar-refractivity contribution in [2.75, 3.05) is 21.2 Å². The molecule has 0 saturated carbocycles. The molecule has 7 nitrogen and oxygen atoms in total. The number of amides is 1. The highest BCUT2D eigenvalue weighted by atomic mass is 32.2.